The highest BCUT2D eigenvalue weighted by atomic mass is 16.2. The van der Waals surface area contributed by atoms with E-state index in [9.17, 15) is 9.59 Å². The quantitative estimate of drug-likeness (QED) is 0.661. The first kappa shape index (κ1) is 16.9. The van der Waals surface area contributed by atoms with Crippen LogP contribution in [0.5, 0.6) is 0 Å². The maximum absolute atomic E-state index is 11.8. The lowest BCUT2D eigenvalue weighted by Gasteiger charge is -2.24. The predicted octanol–water partition coefficient (Wildman–Crippen LogP) is 0.923. The van der Waals surface area contributed by atoms with Gasteiger partial charge in [-0.1, -0.05) is 19.8 Å². The SMILES string of the molecule is CCCCC(N)C(=O)NC(C)C(=O)NC(C)(C)C. The Morgan fingerprint density at radius 1 is 1.22 bits per heavy atom. The Kier molecular flexibility index (Phi) is 6.91. The molecule has 18 heavy (non-hydrogen) atoms. The maximum atomic E-state index is 11.8. The van der Waals surface area contributed by atoms with Gasteiger partial charge in [0.25, 0.3) is 0 Å². The summed E-state index contributed by atoms with van der Waals surface area (Å²) in [7, 11) is 0. The molecule has 0 aromatic rings. The standard InChI is InChI=1S/C13H27N3O2/c1-6-7-8-10(14)12(18)15-9(2)11(17)16-13(3,4)5/h9-10H,6-8,14H2,1-5H3,(H,15,18)(H,16,17). The van der Waals surface area contributed by atoms with Gasteiger partial charge in [-0.3, -0.25) is 9.59 Å². The number of carbonyl (C=O) groups excluding carboxylic acids is 2. The second kappa shape index (κ2) is 7.36. The fourth-order valence-corrected chi connectivity index (χ4v) is 1.42. The second-order valence-corrected chi connectivity index (χ2v) is 5.72. The highest BCUT2D eigenvalue weighted by molar-refractivity contribution is 5.89. The van der Waals surface area contributed by atoms with Crippen molar-refractivity contribution in [2.45, 2.75) is 71.5 Å². The summed E-state index contributed by atoms with van der Waals surface area (Å²) < 4.78 is 0. The number of nitrogens with one attached hydrogen (secondary N) is 2. The van der Waals surface area contributed by atoms with Crippen LogP contribution in [0.15, 0.2) is 0 Å². The first-order valence-electron chi connectivity index (χ1n) is 6.55. The summed E-state index contributed by atoms with van der Waals surface area (Å²) in [5.74, 6) is -0.460. The van der Waals surface area contributed by atoms with Crippen LogP contribution in [-0.2, 0) is 9.59 Å². The van der Waals surface area contributed by atoms with Crippen LogP contribution in [0.2, 0.25) is 0 Å². The Labute approximate surface area is 110 Å². The molecule has 0 aliphatic heterocycles. The lowest BCUT2D eigenvalue weighted by atomic mass is 10.1. The molecule has 0 fully saturated rings. The summed E-state index contributed by atoms with van der Waals surface area (Å²) in [6.07, 6.45) is 2.56. The van der Waals surface area contributed by atoms with Crippen LogP contribution in [0.3, 0.4) is 0 Å². The molecule has 2 unspecified atom stereocenters. The van der Waals surface area contributed by atoms with Gasteiger partial charge in [0.2, 0.25) is 11.8 Å². The topological polar surface area (TPSA) is 84.2 Å². The number of unbranched alkanes of at least 4 members (excludes halogenated alkanes) is 1. The van der Waals surface area contributed by atoms with Crippen LogP contribution in [0, 0.1) is 0 Å². The number of rotatable bonds is 6. The van der Waals surface area contributed by atoms with Gasteiger partial charge >= 0.3 is 0 Å². The highest BCUT2D eigenvalue weighted by Crippen LogP contribution is 2.01. The van der Waals surface area contributed by atoms with E-state index in [1.807, 2.05) is 27.7 Å². The molecule has 2 amide bonds. The van der Waals surface area contributed by atoms with E-state index in [0.717, 1.165) is 12.8 Å². The van der Waals surface area contributed by atoms with Crippen molar-refractivity contribution in [1.29, 1.82) is 0 Å². The monoisotopic (exact) mass is 257 g/mol. The summed E-state index contributed by atoms with van der Waals surface area (Å²) in [5.41, 5.74) is 5.43. The van der Waals surface area contributed by atoms with E-state index in [4.69, 9.17) is 5.73 Å². The van der Waals surface area contributed by atoms with Crippen molar-refractivity contribution < 1.29 is 9.59 Å². The molecule has 0 saturated carbocycles. The number of nitrogens with two attached hydrogens (primary N) is 1. The summed E-state index contributed by atoms with van der Waals surface area (Å²) in [6.45, 7) is 9.39. The molecule has 0 rings (SSSR count). The summed E-state index contributed by atoms with van der Waals surface area (Å²) in [4.78, 5) is 23.5. The minimum Gasteiger partial charge on any atom is -0.350 e. The molecule has 106 valence electrons. The smallest absolute Gasteiger partial charge is 0.242 e. The molecule has 5 heteroatoms. The zero-order valence-electron chi connectivity index (χ0n) is 12.2. The van der Waals surface area contributed by atoms with Gasteiger partial charge in [0.1, 0.15) is 6.04 Å². The van der Waals surface area contributed by atoms with Crippen molar-refractivity contribution in [3.8, 4) is 0 Å². The Morgan fingerprint density at radius 3 is 2.22 bits per heavy atom. The third-order valence-corrected chi connectivity index (χ3v) is 2.46. The van der Waals surface area contributed by atoms with Gasteiger partial charge in [0.15, 0.2) is 0 Å². The molecular weight excluding hydrogens is 230 g/mol. The van der Waals surface area contributed by atoms with Crippen molar-refractivity contribution in [3.63, 3.8) is 0 Å². The van der Waals surface area contributed by atoms with Gasteiger partial charge in [-0.25, -0.2) is 0 Å². The van der Waals surface area contributed by atoms with Crippen molar-refractivity contribution in [2.24, 2.45) is 5.73 Å². The summed E-state index contributed by atoms with van der Waals surface area (Å²) in [5, 5.41) is 5.45. The Balaban J connectivity index is 4.18. The minimum atomic E-state index is -0.565. The molecule has 2 atom stereocenters. The number of amides is 2. The fraction of sp³-hybridized carbons (Fsp3) is 0.846. The first-order valence-corrected chi connectivity index (χ1v) is 6.55. The van der Waals surface area contributed by atoms with Crippen molar-refractivity contribution in [1.82, 2.24) is 10.6 Å². The van der Waals surface area contributed by atoms with Gasteiger partial charge in [-0.15, -0.1) is 0 Å². The van der Waals surface area contributed by atoms with Gasteiger partial charge in [-0.05, 0) is 34.1 Å². The third kappa shape index (κ3) is 7.27. The number of carbonyl (C=O) groups is 2. The van der Waals surface area contributed by atoms with Gasteiger partial charge in [-0.2, -0.15) is 0 Å². The average Bonchev–Trinajstić information content (AvgIpc) is 2.23. The van der Waals surface area contributed by atoms with Crippen LogP contribution >= 0.6 is 0 Å². The molecule has 0 aliphatic rings. The molecule has 0 spiro atoms. The first-order chi connectivity index (χ1) is 8.17. The summed E-state index contributed by atoms with van der Waals surface area (Å²) in [6, 6.07) is -1.10. The van der Waals surface area contributed by atoms with Crippen LogP contribution < -0.4 is 16.4 Å². The van der Waals surface area contributed by atoms with Crippen LogP contribution in [-0.4, -0.2) is 29.4 Å². The van der Waals surface area contributed by atoms with Crippen molar-refractivity contribution >= 4 is 11.8 Å². The van der Waals surface area contributed by atoms with E-state index in [1.165, 1.54) is 0 Å². The zero-order valence-corrected chi connectivity index (χ0v) is 12.2. The predicted molar refractivity (Wildman–Crippen MR) is 73.0 cm³/mol. The lowest BCUT2D eigenvalue weighted by molar-refractivity contribution is -0.130. The molecule has 0 bridgehead atoms. The molecule has 4 N–H and O–H groups in total. The fourth-order valence-electron chi connectivity index (χ4n) is 1.42. The number of hydrogen-bond donors (Lipinski definition) is 3. The highest BCUT2D eigenvalue weighted by Gasteiger charge is 2.22. The number of hydrogen-bond acceptors (Lipinski definition) is 3. The molecule has 0 heterocycles. The van der Waals surface area contributed by atoms with Crippen LogP contribution in [0.1, 0.15) is 53.9 Å². The lowest BCUT2D eigenvalue weighted by Crippen LogP contribution is -2.53. The van der Waals surface area contributed by atoms with E-state index >= 15 is 0 Å². The van der Waals surface area contributed by atoms with E-state index in [0.29, 0.717) is 6.42 Å². The van der Waals surface area contributed by atoms with E-state index < -0.39 is 12.1 Å². The molecular formula is C13H27N3O2. The molecule has 0 aromatic heterocycles. The second-order valence-electron chi connectivity index (χ2n) is 5.72. The van der Waals surface area contributed by atoms with Gasteiger partial charge < -0.3 is 16.4 Å². The van der Waals surface area contributed by atoms with Gasteiger partial charge in [0.05, 0.1) is 6.04 Å². The molecule has 5 nitrogen and oxygen atoms in total. The van der Waals surface area contributed by atoms with Crippen LogP contribution in [0.25, 0.3) is 0 Å². The molecule has 0 radical (unpaired) electrons. The van der Waals surface area contributed by atoms with Crippen LogP contribution in [0.4, 0.5) is 0 Å². The van der Waals surface area contributed by atoms with Crippen molar-refractivity contribution in [2.75, 3.05) is 0 Å². The average molecular weight is 257 g/mol. The molecule has 0 saturated heterocycles. The maximum Gasteiger partial charge on any atom is 0.242 e. The van der Waals surface area contributed by atoms with Crippen molar-refractivity contribution in [3.05, 3.63) is 0 Å². The zero-order chi connectivity index (χ0) is 14.3. The largest absolute Gasteiger partial charge is 0.350 e. The molecule has 0 aromatic carbocycles. The molecule has 0 aliphatic carbocycles. The van der Waals surface area contributed by atoms with Gasteiger partial charge in [0, 0.05) is 5.54 Å². The third-order valence-electron chi connectivity index (χ3n) is 2.46. The normalized spacial score (nSPS) is 14.8. The Bertz CT molecular complexity index is 284. The Morgan fingerprint density at radius 2 is 1.78 bits per heavy atom. The Hall–Kier alpha value is -1.10. The minimum absolute atomic E-state index is 0.196. The van der Waals surface area contributed by atoms with E-state index in [-0.39, 0.29) is 17.4 Å². The van der Waals surface area contributed by atoms with E-state index in [2.05, 4.69) is 10.6 Å². The van der Waals surface area contributed by atoms with E-state index in [1.54, 1.807) is 6.92 Å². The summed E-state index contributed by atoms with van der Waals surface area (Å²) >= 11 is 0.